The van der Waals surface area contributed by atoms with E-state index in [1.54, 1.807) is 18.2 Å². The molecular weight excluding hydrogens is 466 g/mol. The Labute approximate surface area is 207 Å². The third-order valence-electron chi connectivity index (χ3n) is 5.18. The second-order valence-corrected chi connectivity index (χ2v) is 11.1. The van der Waals surface area contributed by atoms with Gasteiger partial charge in [-0.05, 0) is 76.6 Å². The van der Waals surface area contributed by atoms with Crippen molar-refractivity contribution >= 4 is 16.6 Å². The summed E-state index contributed by atoms with van der Waals surface area (Å²) < 4.78 is 42.3. The molecule has 186 valence electrons. The van der Waals surface area contributed by atoms with Crippen molar-refractivity contribution in [2.75, 3.05) is 6.54 Å². The number of carbonyl (C=O) groups excluding carboxylic acids is 1. The van der Waals surface area contributed by atoms with Gasteiger partial charge in [0.2, 0.25) is 0 Å². The van der Waals surface area contributed by atoms with Crippen LogP contribution in [0.2, 0.25) is 0 Å². The molecule has 0 fully saturated rings. The van der Waals surface area contributed by atoms with Crippen molar-refractivity contribution in [2.45, 2.75) is 45.4 Å². The molecule has 0 radical (unpaired) electrons. The summed E-state index contributed by atoms with van der Waals surface area (Å²) in [5.74, 6) is 1.92. The van der Waals surface area contributed by atoms with Crippen LogP contribution in [0, 0.1) is 13.8 Å². The number of nitrogens with one attached hydrogen (secondary N) is 1. The number of aryl methyl sites for hydroxylation is 2. The van der Waals surface area contributed by atoms with Crippen LogP contribution in [0.4, 0.5) is 0 Å². The molecule has 0 aliphatic rings. The summed E-state index contributed by atoms with van der Waals surface area (Å²) >= 11 is 0. The van der Waals surface area contributed by atoms with Gasteiger partial charge in [-0.2, -0.15) is 8.42 Å². The SMILES string of the molecule is Cc1ccc(Oc2ccc(C(CNC(C)(C)C)S(=O)(=O)OC=O)cc2Oc2ccc(C)cc2)cc1. The van der Waals surface area contributed by atoms with Crippen molar-refractivity contribution in [3.8, 4) is 23.0 Å². The maximum Gasteiger partial charge on any atom is 0.319 e. The number of ether oxygens (including phenoxy) is 2. The van der Waals surface area contributed by atoms with Crippen molar-refractivity contribution in [3.05, 3.63) is 83.4 Å². The Bertz CT molecular complexity index is 1250. The molecule has 0 aromatic heterocycles. The summed E-state index contributed by atoms with van der Waals surface area (Å²) in [6.45, 7) is 9.67. The van der Waals surface area contributed by atoms with Gasteiger partial charge in [0.1, 0.15) is 16.7 Å². The molecule has 1 atom stereocenters. The molecule has 0 amide bonds. The first-order valence-electron chi connectivity index (χ1n) is 11.2. The highest BCUT2D eigenvalue weighted by atomic mass is 32.2. The Balaban J connectivity index is 2.04. The monoisotopic (exact) mass is 497 g/mol. The molecule has 0 bridgehead atoms. The van der Waals surface area contributed by atoms with Gasteiger partial charge in [0.05, 0.1) is 0 Å². The highest BCUT2D eigenvalue weighted by molar-refractivity contribution is 7.87. The van der Waals surface area contributed by atoms with Gasteiger partial charge in [0, 0.05) is 12.1 Å². The largest absolute Gasteiger partial charge is 0.453 e. The molecule has 7 nitrogen and oxygen atoms in total. The zero-order chi connectivity index (χ0) is 25.6. The van der Waals surface area contributed by atoms with Gasteiger partial charge in [-0.1, -0.05) is 41.5 Å². The fraction of sp³-hybridized carbons (Fsp3) is 0.296. The molecule has 0 aliphatic carbocycles. The Hall–Kier alpha value is -3.36. The molecule has 3 rings (SSSR count). The normalized spacial score (nSPS) is 12.6. The van der Waals surface area contributed by atoms with Crippen LogP contribution in [0.15, 0.2) is 66.7 Å². The first-order valence-corrected chi connectivity index (χ1v) is 12.7. The third-order valence-corrected chi connectivity index (χ3v) is 6.66. The van der Waals surface area contributed by atoms with E-state index in [1.807, 2.05) is 83.1 Å². The van der Waals surface area contributed by atoms with Crippen molar-refractivity contribution in [1.82, 2.24) is 5.32 Å². The zero-order valence-electron chi connectivity index (χ0n) is 20.6. The smallest absolute Gasteiger partial charge is 0.319 e. The lowest BCUT2D eigenvalue weighted by Gasteiger charge is -2.25. The lowest BCUT2D eigenvalue weighted by Crippen LogP contribution is -2.40. The first-order chi connectivity index (χ1) is 16.5. The summed E-state index contributed by atoms with van der Waals surface area (Å²) in [5, 5.41) is 2.02. The number of hydrogen-bond acceptors (Lipinski definition) is 7. The second kappa shape index (κ2) is 10.9. The van der Waals surface area contributed by atoms with Gasteiger partial charge < -0.3 is 19.0 Å². The van der Waals surface area contributed by atoms with Crippen molar-refractivity contribution in [2.24, 2.45) is 0 Å². The van der Waals surface area contributed by atoms with Gasteiger partial charge in [0.15, 0.2) is 11.5 Å². The van der Waals surface area contributed by atoms with E-state index in [-0.39, 0.29) is 18.6 Å². The zero-order valence-corrected chi connectivity index (χ0v) is 21.4. The third kappa shape index (κ3) is 7.56. The number of benzene rings is 3. The van der Waals surface area contributed by atoms with Crippen LogP contribution in [0.1, 0.15) is 42.7 Å². The summed E-state index contributed by atoms with van der Waals surface area (Å²) in [5.41, 5.74) is 2.21. The van der Waals surface area contributed by atoms with Crippen LogP contribution >= 0.6 is 0 Å². The van der Waals surface area contributed by atoms with Crippen LogP contribution in [-0.2, 0) is 19.1 Å². The predicted molar refractivity (Wildman–Crippen MR) is 136 cm³/mol. The molecule has 0 heterocycles. The van der Waals surface area contributed by atoms with E-state index in [2.05, 4.69) is 9.50 Å². The van der Waals surface area contributed by atoms with Crippen LogP contribution in [0.5, 0.6) is 23.0 Å². The van der Waals surface area contributed by atoms with Gasteiger partial charge in [-0.25, -0.2) is 0 Å². The minimum atomic E-state index is -4.25. The van der Waals surface area contributed by atoms with Crippen molar-refractivity contribution in [1.29, 1.82) is 0 Å². The average molecular weight is 498 g/mol. The molecule has 35 heavy (non-hydrogen) atoms. The molecule has 0 saturated heterocycles. The van der Waals surface area contributed by atoms with E-state index in [1.165, 1.54) is 0 Å². The minimum absolute atomic E-state index is 0.0296. The summed E-state index contributed by atoms with van der Waals surface area (Å²) in [4.78, 5) is 10.9. The molecule has 1 N–H and O–H groups in total. The van der Waals surface area contributed by atoms with Crippen molar-refractivity contribution in [3.63, 3.8) is 0 Å². The Morgan fingerprint density at radius 2 is 1.34 bits per heavy atom. The quantitative estimate of drug-likeness (QED) is 0.279. The fourth-order valence-corrected chi connectivity index (χ4v) is 4.27. The Kier molecular flexibility index (Phi) is 8.19. The molecule has 0 spiro atoms. The number of rotatable bonds is 10. The Morgan fingerprint density at radius 3 is 1.83 bits per heavy atom. The Morgan fingerprint density at radius 1 is 0.829 bits per heavy atom. The number of carbonyl (C=O) groups is 1. The predicted octanol–water partition coefficient (Wildman–Crippen LogP) is 5.82. The van der Waals surface area contributed by atoms with Gasteiger partial charge in [-0.15, -0.1) is 0 Å². The average Bonchev–Trinajstić information content (AvgIpc) is 2.77. The van der Waals surface area contributed by atoms with Gasteiger partial charge in [0.25, 0.3) is 0 Å². The molecule has 3 aromatic carbocycles. The van der Waals surface area contributed by atoms with Gasteiger partial charge in [-0.3, -0.25) is 4.79 Å². The van der Waals surface area contributed by atoms with E-state index < -0.39 is 15.4 Å². The molecule has 3 aromatic rings. The maximum atomic E-state index is 12.8. The van der Waals surface area contributed by atoms with E-state index >= 15 is 0 Å². The fourth-order valence-electron chi connectivity index (χ4n) is 3.26. The van der Waals surface area contributed by atoms with E-state index in [0.717, 1.165) is 11.1 Å². The van der Waals surface area contributed by atoms with Crippen LogP contribution in [0.25, 0.3) is 0 Å². The topological polar surface area (TPSA) is 90.9 Å². The summed E-state index contributed by atoms with van der Waals surface area (Å²) in [6, 6.07) is 19.9. The summed E-state index contributed by atoms with van der Waals surface area (Å²) in [7, 11) is -4.25. The maximum absolute atomic E-state index is 12.8. The van der Waals surface area contributed by atoms with Crippen LogP contribution in [0.3, 0.4) is 0 Å². The van der Waals surface area contributed by atoms with Crippen LogP contribution < -0.4 is 14.8 Å². The van der Waals surface area contributed by atoms with Crippen LogP contribution in [-0.4, -0.2) is 27.0 Å². The standard InChI is InChI=1S/C27H31NO6S/c1-19-6-11-22(12-7-19)33-24-15-10-21(16-25(24)34-23-13-8-20(2)9-14-23)26(17-28-27(3,4)5)35(30,31)32-18-29/h6-16,18,26,28H,17H2,1-5H3. The minimum Gasteiger partial charge on any atom is -0.453 e. The molecule has 0 aliphatic heterocycles. The second-order valence-electron chi connectivity index (χ2n) is 9.34. The summed E-state index contributed by atoms with van der Waals surface area (Å²) in [6.07, 6.45) is 0. The molecule has 0 saturated carbocycles. The lowest BCUT2D eigenvalue weighted by molar-refractivity contribution is -0.120. The molecule has 8 heteroatoms. The first kappa shape index (κ1) is 26.2. The highest BCUT2D eigenvalue weighted by Gasteiger charge is 2.31. The lowest BCUT2D eigenvalue weighted by atomic mass is 10.1. The van der Waals surface area contributed by atoms with Gasteiger partial charge >= 0.3 is 16.6 Å². The molecule has 1 unspecified atom stereocenters. The molecular formula is C27H31NO6S. The van der Waals surface area contributed by atoms with E-state index in [0.29, 0.717) is 28.6 Å². The number of hydrogen-bond donors (Lipinski definition) is 1. The van der Waals surface area contributed by atoms with E-state index in [9.17, 15) is 13.2 Å². The van der Waals surface area contributed by atoms with E-state index in [4.69, 9.17) is 9.47 Å². The highest BCUT2D eigenvalue weighted by Crippen LogP contribution is 2.38. The van der Waals surface area contributed by atoms with Crippen molar-refractivity contribution < 1.29 is 26.9 Å².